The Balaban J connectivity index is 2.84. The smallest absolute Gasteiger partial charge is 0.249 e. The minimum atomic E-state index is -3.96. The van der Waals surface area contributed by atoms with Gasteiger partial charge in [-0.1, -0.05) is 56.3 Å². The fourth-order valence-corrected chi connectivity index (χ4v) is 7.87. The van der Waals surface area contributed by atoms with E-state index in [2.05, 4.69) is 5.43 Å². The van der Waals surface area contributed by atoms with Crippen LogP contribution in [-0.4, -0.2) is 47.9 Å². The van der Waals surface area contributed by atoms with Crippen LogP contribution in [0, 0.1) is 23.7 Å². The highest BCUT2D eigenvalue weighted by atomic mass is 32.2. The van der Waals surface area contributed by atoms with E-state index in [1.165, 1.54) is 0 Å². The number of hydroxylamine groups is 1. The highest BCUT2D eigenvalue weighted by Gasteiger charge is 2.58. The van der Waals surface area contributed by atoms with Crippen LogP contribution in [0.1, 0.15) is 38.7 Å². The van der Waals surface area contributed by atoms with E-state index in [1.807, 2.05) is 44.2 Å². The summed E-state index contributed by atoms with van der Waals surface area (Å²) in [4.78, 5) is 26.1. The minimum absolute atomic E-state index is 0.0291. The lowest BCUT2D eigenvalue weighted by Gasteiger charge is -2.46. The van der Waals surface area contributed by atoms with Gasteiger partial charge < -0.3 is 0 Å². The standard InChI is InChI=1S/C23H35N3O5S2/c1-16(2)15-19(21(27)25-24)20(22(28)26-29)23(33(3,30)31,18-10-13-32-14-11-18)12-9-17-7-5-4-6-8-17/h4-9,12,16,18-20,29H,10-11,13-15,24H2,1-3H3,(H,25,27)(H,26,28)/b12-9+/t19-,20+,23?/m1/s1. The van der Waals surface area contributed by atoms with Gasteiger partial charge in [0.05, 0.1) is 11.8 Å². The highest BCUT2D eigenvalue weighted by Crippen LogP contribution is 2.47. The summed E-state index contributed by atoms with van der Waals surface area (Å²) in [5.41, 5.74) is 4.52. The normalized spacial score (nSPS) is 19.1. The first kappa shape index (κ1) is 27.4. The van der Waals surface area contributed by atoms with E-state index in [4.69, 9.17) is 5.84 Å². The molecule has 0 spiro atoms. The van der Waals surface area contributed by atoms with Crippen molar-refractivity contribution in [2.75, 3.05) is 17.8 Å². The van der Waals surface area contributed by atoms with E-state index < -0.39 is 44.2 Å². The number of amides is 2. The van der Waals surface area contributed by atoms with Crippen molar-refractivity contribution in [3.63, 3.8) is 0 Å². The lowest BCUT2D eigenvalue weighted by atomic mass is 9.69. The van der Waals surface area contributed by atoms with Crippen LogP contribution in [0.5, 0.6) is 0 Å². The number of sulfone groups is 1. The van der Waals surface area contributed by atoms with Crippen molar-refractivity contribution in [2.45, 2.75) is 37.9 Å². The molecule has 1 fully saturated rings. The van der Waals surface area contributed by atoms with Gasteiger partial charge in [-0.2, -0.15) is 11.8 Å². The summed E-state index contributed by atoms with van der Waals surface area (Å²) in [5.74, 6) is 2.51. The van der Waals surface area contributed by atoms with Crippen LogP contribution in [0.3, 0.4) is 0 Å². The van der Waals surface area contributed by atoms with Gasteiger partial charge in [0.1, 0.15) is 4.75 Å². The van der Waals surface area contributed by atoms with Crippen LogP contribution in [0.2, 0.25) is 0 Å². The van der Waals surface area contributed by atoms with Crippen molar-refractivity contribution in [3.05, 3.63) is 42.0 Å². The molecule has 1 unspecified atom stereocenters. The zero-order valence-electron chi connectivity index (χ0n) is 19.4. The third-order valence-corrected chi connectivity index (χ3v) is 9.38. The van der Waals surface area contributed by atoms with Crippen molar-refractivity contribution in [1.29, 1.82) is 0 Å². The molecule has 3 atom stereocenters. The first-order chi connectivity index (χ1) is 15.6. The summed E-state index contributed by atoms with van der Waals surface area (Å²) in [6, 6.07) is 9.19. The van der Waals surface area contributed by atoms with Crippen LogP contribution < -0.4 is 16.7 Å². The molecule has 1 heterocycles. The maximum atomic E-state index is 13.7. The SMILES string of the molecule is CC(C)C[C@@H](C(=O)NN)[C@@H](C(=O)NO)C(/C=C/c1ccccc1)(C1CCSCC1)S(C)(=O)=O. The molecule has 2 rings (SSSR count). The Hall–Kier alpha value is -1.88. The molecule has 8 nitrogen and oxygen atoms in total. The Labute approximate surface area is 200 Å². The first-order valence-corrected chi connectivity index (χ1v) is 14.1. The van der Waals surface area contributed by atoms with Gasteiger partial charge in [-0.25, -0.2) is 19.7 Å². The second-order valence-electron chi connectivity index (χ2n) is 8.95. The number of hydrogen-bond acceptors (Lipinski definition) is 7. The molecule has 1 saturated heterocycles. The van der Waals surface area contributed by atoms with E-state index >= 15 is 0 Å². The van der Waals surface area contributed by atoms with Crippen molar-refractivity contribution >= 4 is 39.5 Å². The predicted octanol–water partition coefficient (Wildman–Crippen LogP) is 2.40. The van der Waals surface area contributed by atoms with Gasteiger partial charge in [0.2, 0.25) is 11.8 Å². The Kier molecular flexibility index (Phi) is 9.96. The number of carbonyl (C=O) groups excluding carboxylic acids is 2. The number of hydrazine groups is 1. The number of hydrogen-bond donors (Lipinski definition) is 4. The van der Waals surface area contributed by atoms with Crippen molar-refractivity contribution in [3.8, 4) is 0 Å². The molecule has 0 bridgehead atoms. The van der Waals surface area contributed by atoms with Crippen LogP contribution in [0.25, 0.3) is 6.08 Å². The van der Waals surface area contributed by atoms with Gasteiger partial charge >= 0.3 is 0 Å². The van der Waals surface area contributed by atoms with E-state index in [0.717, 1.165) is 23.3 Å². The number of nitrogens with two attached hydrogens (primary N) is 1. The molecule has 0 radical (unpaired) electrons. The second-order valence-corrected chi connectivity index (χ2v) is 12.4. The van der Waals surface area contributed by atoms with E-state index in [9.17, 15) is 23.2 Å². The molecular weight excluding hydrogens is 462 g/mol. The molecule has 1 aromatic carbocycles. The molecule has 184 valence electrons. The van der Waals surface area contributed by atoms with Gasteiger partial charge in [-0.3, -0.25) is 20.2 Å². The fraction of sp³-hybridized carbons (Fsp3) is 0.565. The average molecular weight is 498 g/mol. The quantitative estimate of drug-likeness (QED) is 0.168. The zero-order chi connectivity index (χ0) is 24.6. The number of benzene rings is 1. The maximum Gasteiger partial charge on any atom is 0.249 e. The van der Waals surface area contributed by atoms with Crippen LogP contribution >= 0.6 is 11.8 Å². The van der Waals surface area contributed by atoms with E-state index in [1.54, 1.807) is 29.4 Å². The van der Waals surface area contributed by atoms with Gasteiger partial charge in [-0.15, -0.1) is 0 Å². The molecule has 33 heavy (non-hydrogen) atoms. The van der Waals surface area contributed by atoms with Crippen molar-refractivity contribution < 1.29 is 23.2 Å². The number of rotatable bonds is 10. The molecule has 1 aliphatic rings. The maximum absolute atomic E-state index is 13.7. The van der Waals surface area contributed by atoms with Gasteiger partial charge in [-0.05, 0) is 48.2 Å². The molecular formula is C23H35N3O5S2. The summed E-state index contributed by atoms with van der Waals surface area (Å²) >= 11 is 1.73. The summed E-state index contributed by atoms with van der Waals surface area (Å²) in [7, 11) is -3.96. The average Bonchev–Trinajstić information content (AvgIpc) is 2.80. The van der Waals surface area contributed by atoms with Crippen LogP contribution in [0.4, 0.5) is 0 Å². The Morgan fingerprint density at radius 1 is 1.21 bits per heavy atom. The monoisotopic (exact) mass is 497 g/mol. The molecule has 1 aromatic rings. The van der Waals surface area contributed by atoms with Crippen molar-refractivity contribution in [1.82, 2.24) is 10.9 Å². The van der Waals surface area contributed by atoms with Gasteiger partial charge in [0.25, 0.3) is 0 Å². The molecule has 2 amide bonds. The Morgan fingerprint density at radius 2 is 1.82 bits per heavy atom. The predicted molar refractivity (Wildman–Crippen MR) is 132 cm³/mol. The van der Waals surface area contributed by atoms with Crippen LogP contribution in [0.15, 0.2) is 36.4 Å². The van der Waals surface area contributed by atoms with Crippen molar-refractivity contribution in [2.24, 2.45) is 29.5 Å². The second kappa shape index (κ2) is 12.0. The molecule has 0 aromatic heterocycles. The molecule has 1 aliphatic heterocycles. The lowest BCUT2D eigenvalue weighted by Crippen LogP contribution is -2.60. The number of carbonyl (C=O) groups is 2. The fourth-order valence-electron chi connectivity index (χ4n) is 4.87. The zero-order valence-corrected chi connectivity index (χ0v) is 21.0. The first-order valence-electron chi connectivity index (χ1n) is 11.0. The Morgan fingerprint density at radius 3 is 2.30 bits per heavy atom. The third-order valence-electron chi connectivity index (χ3n) is 6.32. The van der Waals surface area contributed by atoms with Gasteiger partial charge in [0.15, 0.2) is 9.84 Å². The minimum Gasteiger partial charge on any atom is -0.294 e. The lowest BCUT2D eigenvalue weighted by molar-refractivity contribution is -0.142. The molecule has 5 N–H and O–H groups in total. The Bertz CT molecular complexity index is 931. The van der Waals surface area contributed by atoms with Gasteiger partial charge in [0, 0.05) is 6.26 Å². The molecule has 0 saturated carbocycles. The van der Waals surface area contributed by atoms with E-state index in [0.29, 0.717) is 12.8 Å². The molecule has 10 heteroatoms. The summed E-state index contributed by atoms with van der Waals surface area (Å²) in [5, 5.41) is 9.67. The summed E-state index contributed by atoms with van der Waals surface area (Å²) in [6.45, 7) is 3.76. The third kappa shape index (κ3) is 6.38. The molecule has 0 aliphatic carbocycles. The van der Waals surface area contributed by atoms with E-state index in [-0.39, 0.29) is 12.3 Å². The van der Waals surface area contributed by atoms with Crippen LogP contribution in [-0.2, 0) is 19.4 Å². The highest BCUT2D eigenvalue weighted by molar-refractivity contribution is 7.99. The summed E-state index contributed by atoms with van der Waals surface area (Å²) < 4.78 is 25.6. The number of nitrogens with one attached hydrogen (secondary N) is 2. The summed E-state index contributed by atoms with van der Waals surface area (Å²) in [6.07, 6.45) is 5.70. The largest absolute Gasteiger partial charge is 0.294 e. The number of thioether (sulfide) groups is 1. The topological polar surface area (TPSA) is 139 Å².